The number of hydrogen-bond acceptors (Lipinski definition) is 4. The van der Waals surface area contributed by atoms with Crippen molar-refractivity contribution in [1.82, 2.24) is 0 Å². The van der Waals surface area contributed by atoms with Crippen LogP contribution in [0, 0.1) is 13.8 Å². The molecule has 12 rings (SSSR count). The zero-order chi connectivity index (χ0) is 41.6. The number of nitrogens with zero attached hydrogens (tertiary/aromatic N) is 4. The molecule has 0 radical (unpaired) electrons. The first-order valence-corrected chi connectivity index (χ1v) is 21.5. The standard InChI is InChI=1S/C58H44N4/c1-37-31-38(2)33-42(32-37)58-46-30-28-43(61-53-21-11-7-17-49(53)59(3)50-18-8-12-22-54(50)61)35-47(46)57(41-26-25-39-15-5-6-16-40(39)34-41)45-29-27-44(36-48(45)58)62-55-23-13-9-19-51(55)60(4)52-20-10-14-24-56(52)62/h5-36H,1-4H3. The minimum atomic E-state index is 1.13. The smallest absolute Gasteiger partial charge is 0.0699 e. The first-order chi connectivity index (χ1) is 30.4. The van der Waals surface area contributed by atoms with Gasteiger partial charge in [-0.1, -0.05) is 126 Å². The number of hydrogen-bond donors (Lipinski definition) is 0. The molecule has 0 aromatic heterocycles. The summed E-state index contributed by atoms with van der Waals surface area (Å²) in [5.74, 6) is 0. The third kappa shape index (κ3) is 5.46. The van der Waals surface area contributed by atoms with Crippen LogP contribution in [0.15, 0.2) is 194 Å². The molecule has 0 unspecified atom stereocenters. The zero-order valence-electron chi connectivity index (χ0n) is 35.3. The normalized spacial score (nSPS) is 13.0. The van der Waals surface area contributed by atoms with Crippen molar-refractivity contribution in [3.8, 4) is 22.3 Å². The molecule has 62 heavy (non-hydrogen) atoms. The highest BCUT2D eigenvalue weighted by molar-refractivity contribution is 6.23. The van der Waals surface area contributed by atoms with Gasteiger partial charge in [0.15, 0.2) is 0 Å². The molecule has 10 aromatic rings. The van der Waals surface area contributed by atoms with E-state index in [1.807, 2.05) is 0 Å². The molecule has 4 heteroatoms. The Morgan fingerprint density at radius 2 is 0.677 bits per heavy atom. The Bertz CT molecular complexity index is 3340. The fraction of sp³-hybridized carbons (Fsp3) is 0.0690. The second-order valence-corrected chi connectivity index (χ2v) is 16.9. The van der Waals surface area contributed by atoms with E-state index >= 15 is 0 Å². The van der Waals surface area contributed by atoms with Crippen molar-refractivity contribution in [3.63, 3.8) is 0 Å². The van der Waals surface area contributed by atoms with Crippen molar-refractivity contribution in [1.29, 1.82) is 0 Å². The highest BCUT2D eigenvalue weighted by Gasteiger charge is 2.30. The number of anilines is 10. The monoisotopic (exact) mass is 796 g/mol. The number of rotatable bonds is 4. The van der Waals surface area contributed by atoms with Gasteiger partial charge in [0.05, 0.1) is 45.5 Å². The number of aryl methyl sites for hydroxylation is 2. The third-order valence-electron chi connectivity index (χ3n) is 13.1. The molecule has 0 bridgehead atoms. The largest absolute Gasteiger partial charge is 0.341 e. The van der Waals surface area contributed by atoms with Crippen LogP contribution in [0.1, 0.15) is 11.1 Å². The molecule has 0 atom stereocenters. The fourth-order valence-corrected chi connectivity index (χ4v) is 10.4. The Morgan fingerprint density at radius 3 is 1.13 bits per heavy atom. The van der Waals surface area contributed by atoms with Crippen molar-refractivity contribution in [3.05, 3.63) is 205 Å². The van der Waals surface area contributed by atoms with Crippen LogP contribution >= 0.6 is 0 Å². The van der Waals surface area contributed by atoms with Crippen molar-refractivity contribution in [2.24, 2.45) is 0 Å². The molecule has 0 spiro atoms. The van der Waals surface area contributed by atoms with Crippen LogP contribution in [0.25, 0.3) is 54.6 Å². The Morgan fingerprint density at radius 1 is 0.290 bits per heavy atom. The maximum Gasteiger partial charge on any atom is 0.0699 e. The highest BCUT2D eigenvalue weighted by atomic mass is 15.3. The van der Waals surface area contributed by atoms with Crippen molar-refractivity contribution in [2.45, 2.75) is 13.8 Å². The Balaban J connectivity index is 1.20. The van der Waals surface area contributed by atoms with E-state index in [0.717, 1.165) is 34.1 Å². The van der Waals surface area contributed by atoms with E-state index < -0.39 is 0 Å². The van der Waals surface area contributed by atoms with Crippen molar-refractivity contribution in [2.75, 3.05) is 33.7 Å². The van der Waals surface area contributed by atoms with Crippen molar-refractivity contribution < 1.29 is 0 Å². The maximum atomic E-state index is 2.45. The summed E-state index contributed by atoms with van der Waals surface area (Å²) in [6.07, 6.45) is 0. The predicted octanol–water partition coefficient (Wildman–Crippen LogP) is 16.2. The average Bonchev–Trinajstić information content (AvgIpc) is 3.30. The molecule has 10 aromatic carbocycles. The lowest BCUT2D eigenvalue weighted by Gasteiger charge is -2.39. The molecule has 0 fully saturated rings. The number of benzene rings is 10. The molecule has 2 heterocycles. The van der Waals surface area contributed by atoms with Crippen LogP contribution in [0.5, 0.6) is 0 Å². The first kappa shape index (κ1) is 36.1. The summed E-state index contributed by atoms with van der Waals surface area (Å²) in [6, 6.07) is 72.0. The van der Waals surface area contributed by atoms with E-state index in [4.69, 9.17) is 0 Å². The Labute approximate surface area is 362 Å². The van der Waals surface area contributed by atoms with Crippen LogP contribution in [0.4, 0.5) is 56.9 Å². The van der Waals surface area contributed by atoms with Gasteiger partial charge in [-0.15, -0.1) is 0 Å². The number of para-hydroxylation sites is 8. The maximum absolute atomic E-state index is 2.45. The van der Waals surface area contributed by atoms with Gasteiger partial charge in [0.1, 0.15) is 0 Å². The minimum absolute atomic E-state index is 1.13. The van der Waals surface area contributed by atoms with Gasteiger partial charge in [-0.05, 0) is 147 Å². The second-order valence-electron chi connectivity index (χ2n) is 16.9. The first-order valence-electron chi connectivity index (χ1n) is 21.5. The van der Waals surface area contributed by atoms with E-state index in [0.29, 0.717) is 0 Å². The van der Waals surface area contributed by atoms with Gasteiger partial charge < -0.3 is 19.6 Å². The molecular formula is C58H44N4. The lowest BCUT2D eigenvalue weighted by atomic mass is 9.84. The highest BCUT2D eigenvalue weighted by Crippen LogP contribution is 2.55. The lowest BCUT2D eigenvalue weighted by molar-refractivity contribution is 1.13. The van der Waals surface area contributed by atoms with Gasteiger partial charge in [0, 0.05) is 25.5 Å². The Hall–Kier alpha value is -7.82. The van der Waals surface area contributed by atoms with E-state index in [2.05, 4.69) is 242 Å². The zero-order valence-corrected chi connectivity index (χ0v) is 35.3. The molecule has 2 aliphatic heterocycles. The molecule has 0 amide bonds. The van der Waals surface area contributed by atoms with E-state index in [1.54, 1.807) is 0 Å². The molecule has 0 N–H and O–H groups in total. The SMILES string of the molecule is Cc1cc(C)cc(-c2c3ccc(N4c5ccccc5N(C)c5ccccc54)cc3c(-c3ccc4ccccc4c3)c3ccc(N4c5ccccc5N(C)c5ccccc54)cc23)c1. The molecule has 296 valence electrons. The van der Waals surface area contributed by atoms with Crippen LogP contribution < -0.4 is 19.6 Å². The van der Waals surface area contributed by atoms with Crippen molar-refractivity contribution >= 4 is 89.2 Å². The quantitative estimate of drug-likeness (QED) is 0.164. The van der Waals surface area contributed by atoms with E-state index in [1.165, 1.54) is 88.4 Å². The minimum Gasteiger partial charge on any atom is -0.341 e. The summed E-state index contributed by atoms with van der Waals surface area (Å²) in [5.41, 5.74) is 19.0. The fourth-order valence-electron chi connectivity index (χ4n) is 10.4. The third-order valence-corrected chi connectivity index (χ3v) is 13.1. The van der Waals surface area contributed by atoms with Crippen LogP contribution in [-0.2, 0) is 0 Å². The van der Waals surface area contributed by atoms with E-state index in [9.17, 15) is 0 Å². The second kappa shape index (κ2) is 13.9. The molecule has 0 saturated carbocycles. The van der Waals surface area contributed by atoms with Gasteiger partial charge in [-0.2, -0.15) is 0 Å². The van der Waals surface area contributed by atoms with Gasteiger partial charge in [-0.25, -0.2) is 0 Å². The lowest BCUT2D eigenvalue weighted by Crippen LogP contribution is -2.24. The van der Waals surface area contributed by atoms with Crippen LogP contribution in [0.2, 0.25) is 0 Å². The van der Waals surface area contributed by atoms with Crippen LogP contribution in [0.3, 0.4) is 0 Å². The predicted molar refractivity (Wildman–Crippen MR) is 265 cm³/mol. The molecule has 0 saturated heterocycles. The summed E-state index contributed by atoms with van der Waals surface area (Å²) >= 11 is 0. The molecule has 4 nitrogen and oxygen atoms in total. The van der Waals surface area contributed by atoms with Gasteiger partial charge in [-0.3, -0.25) is 0 Å². The summed E-state index contributed by atoms with van der Waals surface area (Å²) in [6.45, 7) is 4.43. The summed E-state index contributed by atoms with van der Waals surface area (Å²) in [4.78, 5) is 9.51. The summed E-state index contributed by atoms with van der Waals surface area (Å²) < 4.78 is 0. The molecular weight excluding hydrogens is 753 g/mol. The molecule has 0 aliphatic carbocycles. The Kier molecular flexibility index (Phi) is 8.07. The topological polar surface area (TPSA) is 13.0 Å². The van der Waals surface area contributed by atoms with Crippen LogP contribution in [-0.4, -0.2) is 14.1 Å². The molecule has 2 aliphatic rings. The van der Waals surface area contributed by atoms with Gasteiger partial charge in [0.2, 0.25) is 0 Å². The summed E-state index contributed by atoms with van der Waals surface area (Å²) in [5, 5.41) is 7.35. The average molecular weight is 797 g/mol. The summed E-state index contributed by atoms with van der Waals surface area (Å²) in [7, 11) is 4.34. The van der Waals surface area contributed by atoms with Gasteiger partial charge in [0.25, 0.3) is 0 Å². The van der Waals surface area contributed by atoms with E-state index in [-0.39, 0.29) is 0 Å². The van der Waals surface area contributed by atoms with Gasteiger partial charge >= 0.3 is 0 Å². The number of fused-ring (bicyclic) bond motifs is 7.